The number of rotatable bonds is 7. The molecule has 0 radical (unpaired) electrons. The van der Waals surface area contributed by atoms with Crippen LogP contribution in [0.25, 0.3) is 0 Å². The number of halogens is 1. The van der Waals surface area contributed by atoms with Crippen molar-refractivity contribution in [3.63, 3.8) is 0 Å². The molecule has 2 aliphatic rings. The van der Waals surface area contributed by atoms with E-state index in [-0.39, 0.29) is 29.0 Å². The minimum absolute atomic E-state index is 0.0443. The highest BCUT2D eigenvalue weighted by Crippen LogP contribution is 2.45. The van der Waals surface area contributed by atoms with Crippen LogP contribution in [0.15, 0.2) is 11.6 Å². The normalized spacial score (nSPS) is 26.5. The summed E-state index contributed by atoms with van der Waals surface area (Å²) in [6, 6.07) is 0. The number of esters is 1. The number of carbonyl (C=O) groups is 3. The van der Waals surface area contributed by atoms with Crippen LogP contribution in [0.2, 0.25) is 18.1 Å². The number of amides is 2. The average Bonchev–Trinajstić information content (AvgIpc) is 3.14. The van der Waals surface area contributed by atoms with Crippen molar-refractivity contribution in [2.75, 3.05) is 18.1 Å². The molecule has 0 aromatic carbocycles. The van der Waals surface area contributed by atoms with Gasteiger partial charge in [-0.3, -0.25) is 14.5 Å². The molecule has 12 heteroatoms. The molecular weight excluding hydrogens is 522 g/mol. The van der Waals surface area contributed by atoms with Gasteiger partial charge in [0.2, 0.25) is 5.91 Å². The number of thiocarbonyl (C=S) groups is 1. The molecule has 2 amide bonds. The summed E-state index contributed by atoms with van der Waals surface area (Å²) in [5.41, 5.74) is -0.689. The molecule has 2 rings (SSSR count). The lowest BCUT2D eigenvalue weighted by Gasteiger charge is -2.48. The van der Waals surface area contributed by atoms with Crippen LogP contribution in [-0.2, 0) is 30.3 Å². The summed E-state index contributed by atoms with van der Waals surface area (Å²) in [5, 5.41) is 10.3. The van der Waals surface area contributed by atoms with Crippen molar-refractivity contribution in [1.82, 2.24) is 4.90 Å². The maximum Gasteiger partial charge on any atom is 0.397 e. The summed E-state index contributed by atoms with van der Waals surface area (Å²) >= 11 is 11.4. The van der Waals surface area contributed by atoms with Gasteiger partial charge in [-0.1, -0.05) is 87.2 Å². The summed E-state index contributed by atoms with van der Waals surface area (Å²) in [7, 11) is -2.18. The van der Waals surface area contributed by atoms with Crippen LogP contribution in [0.1, 0.15) is 33.6 Å². The monoisotopic (exact) mass is 553 g/mol. The first kappa shape index (κ1) is 28.8. The van der Waals surface area contributed by atoms with Crippen molar-refractivity contribution < 1.29 is 28.8 Å². The van der Waals surface area contributed by atoms with Crippen LogP contribution in [0.3, 0.4) is 0 Å². The second-order valence-electron chi connectivity index (χ2n) is 10.1. The van der Waals surface area contributed by atoms with Gasteiger partial charge in [0.25, 0.3) is 0 Å². The second kappa shape index (κ2) is 11.1. The Morgan fingerprint density at radius 1 is 1.45 bits per heavy atom. The molecule has 2 heterocycles. The highest BCUT2D eigenvalue weighted by atomic mass is 35.5. The number of β-lactam (4-membered cyclic amide) rings is 1. The van der Waals surface area contributed by atoms with Crippen LogP contribution >= 0.6 is 35.6 Å². The van der Waals surface area contributed by atoms with E-state index in [9.17, 15) is 24.0 Å². The third kappa shape index (κ3) is 6.62. The first-order valence-corrected chi connectivity index (χ1v) is 16.9. The van der Waals surface area contributed by atoms with Gasteiger partial charge in [0.05, 0.1) is 18.2 Å². The van der Waals surface area contributed by atoms with E-state index in [0.717, 1.165) is 4.90 Å². The van der Waals surface area contributed by atoms with Gasteiger partial charge in [-0.15, -0.1) is 0 Å². The van der Waals surface area contributed by atoms with Crippen LogP contribution in [0, 0.1) is 11.8 Å². The topological polar surface area (TPSA) is 107 Å². The maximum absolute atomic E-state index is 13.0. The minimum atomic E-state index is -2.18. The lowest BCUT2D eigenvalue weighted by atomic mass is 9.94. The standard InChI is InChI=1S/C21H32ClNO6S3Si/c1-12(22)10-29-19(27)17(26)23-16(25)14(9-15(24)33(5,6)21(2,3)4)18(23)31-20(30)13-7-8-32(28)11-13/h13-15,18,24H,1,7-11H2,2-6H3/t13?,14-,15?,18+,32?/m0/s1. The van der Waals surface area contributed by atoms with Crippen molar-refractivity contribution in [1.29, 1.82) is 0 Å². The highest BCUT2D eigenvalue weighted by molar-refractivity contribution is 8.23. The lowest BCUT2D eigenvalue weighted by molar-refractivity contribution is -0.172. The van der Waals surface area contributed by atoms with Gasteiger partial charge in [0.1, 0.15) is 23.5 Å². The van der Waals surface area contributed by atoms with Gasteiger partial charge in [0.15, 0.2) is 0 Å². The van der Waals surface area contributed by atoms with E-state index >= 15 is 0 Å². The van der Waals surface area contributed by atoms with Gasteiger partial charge in [0, 0.05) is 23.1 Å². The van der Waals surface area contributed by atoms with Crippen molar-refractivity contribution in [2.45, 2.75) is 62.8 Å². The van der Waals surface area contributed by atoms with Crippen molar-refractivity contribution in [2.24, 2.45) is 11.8 Å². The number of nitrogens with zero attached hydrogens (tertiary/aromatic N) is 1. The van der Waals surface area contributed by atoms with E-state index in [2.05, 4.69) is 40.4 Å². The number of ether oxygens (including phenoxy) is 1. The zero-order valence-electron chi connectivity index (χ0n) is 19.6. The number of carbonyl (C=O) groups excluding carboxylic acids is 3. The van der Waals surface area contributed by atoms with E-state index in [4.69, 9.17) is 28.6 Å². The molecule has 7 nitrogen and oxygen atoms in total. The Bertz CT molecular complexity index is 833. The average molecular weight is 554 g/mol. The number of likely N-dealkylation sites (tertiary alicyclic amines) is 1. The van der Waals surface area contributed by atoms with E-state index in [1.165, 1.54) is 11.8 Å². The molecule has 0 spiro atoms. The van der Waals surface area contributed by atoms with Crippen molar-refractivity contribution in [3.8, 4) is 0 Å². The van der Waals surface area contributed by atoms with E-state index in [0.29, 0.717) is 22.1 Å². The van der Waals surface area contributed by atoms with Gasteiger partial charge in [-0.05, 0) is 11.5 Å². The van der Waals surface area contributed by atoms with E-state index < -0.39 is 54.1 Å². The Labute approximate surface area is 214 Å². The number of hydrogen-bond donors (Lipinski definition) is 1. The zero-order valence-corrected chi connectivity index (χ0v) is 23.8. The number of aliphatic hydroxyl groups excluding tert-OH is 1. The fourth-order valence-electron chi connectivity index (χ4n) is 3.50. The first-order chi connectivity index (χ1) is 15.1. The van der Waals surface area contributed by atoms with Gasteiger partial charge in [-0.25, -0.2) is 4.79 Å². The molecule has 0 aliphatic carbocycles. The molecule has 0 bridgehead atoms. The molecule has 1 N–H and O–H groups in total. The molecule has 5 atom stereocenters. The quantitative estimate of drug-likeness (QED) is 0.128. The predicted octanol–water partition coefficient (Wildman–Crippen LogP) is 3.22. The molecule has 0 aromatic rings. The molecule has 3 unspecified atom stereocenters. The molecule has 2 fully saturated rings. The van der Waals surface area contributed by atoms with E-state index in [1.807, 2.05) is 0 Å². The third-order valence-corrected chi connectivity index (χ3v) is 16.1. The van der Waals surface area contributed by atoms with Crippen LogP contribution < -0.4 is 0 Å². The summed E-state index contributed by atoms with van der Waals surface area (Å²) in [5.74, 6) is -2.52. The number of aliphatic hydroxyl groups is 1. The Morgan fingerprint density at radius 3 is 2.55 bits per heavy atom. The Kier molecular flexibility index (Phi) is 9.68. The van der Waals surface area contributed by atoms with Gasteiger partial charge < -0.3 is 14.4 Å². The fraction of sp³-hybridized carbons (Fsp3) is 0.714. The predicted molar refractivity (Wildman–Crippen MR) is 139 cm³/mol. The van der Waals surface area contributed by atoms with Crippen molar-refractivity contribution >= 4 is 76.8 Å². The summed E-state index contributed by atoms with van der Waals surface area (Å²) in [6.07, 6.45) is 0.869. The molecule has 186 valence electrons. The molecule has 2 aliphatic heterocycles. The molecule has 0 aromatic heterocycles. The zero-order chi connectivity index (χ0) is 25.3. The smallest absolute Gasteiger partial charge is 0.397 e. The second-order valence-corrected chi connectivity index (χ2v) is 19.7. The van der Waals surface area contributed by atoms with Crippen molar-refractivity contribution in [3.05, 3.63) is 11.6 Å². The van der Waals surface area contributed by atoms with Crippen LogP contribution in [0.4, 0.5) is 0 Å². The SMILES string of the molecule is C=C(Cl)COC(=O)C(=O)N1C(=O)[C@H](CC(O)[Si](C)(C)C(C)(C)C)[C@H]1SC(=S)C1CC[S+]([O-])C1. The summed E-state index contributed by atoms with van der Waals surface area (Å²) in [4.78, 5) is 38.7. The number of hydrogen-bond acceptors (Lipinski definition) is 8. The maximum atomic E-state index is 13.0. The molecular formula is C21H32ClNO6S3Si. The van der Waals surface area contributed by atoms with Gasteiger partial charge in [-0.2, -0.15) is 0 Å². The Hall–Kier alpha value is -0.433. The number of imide groups is 1. The van der Waals surface area contributed by atoms with Crippen LogP contribution in [0.5, 0.6) is 0 Å². The third-order valence-electron chi connectivity index (χ3n) is 6.80. The minimum Gasteiger partial charge on any atom is -0.616 e. The molecule has 0 saturated carbocycles. The van der Waals surface area contributed by atoms with E-state index in [1.54, 1.807) is 0 Å². The summed E-state index contributed by atoms with van der Waals surface area (Å²) in [6.45, 7) is 13.4. The van der Waals surface area contributed by atoms with Crippen LogP contribution in [-0.4, -0.2) is 73.8 Å². The summed E-state index contributed by atoms with van der Waals surface area (Å²) < 4.78 is 17.2. The lowest BCUT2D eigenvalue weighted by Crippen LogP contribution is -2.65. The molecule has 2 saturated heterocycles. The Balaban J connectivity index is 2.21. The first-order valence-electron chi connectivity index (χ1n) is 10.7. The fourth-order valence-corrected chi connectivity index (χ4v) is 8.93. The Morgan fingerprint density at radius 2 is 2.06 bits per heavy atom. The largest absolute Gasteiger partial charge is 0.616 e. The molecule has 33 heavy (non-hydrogen) atoms. The van der Waals surface area contributed by atoms with Gasteiger partial charge >= 0.3 is 11.9 Å². The highest BCUT2D eigenvalue weighted by Gasteiger charge is 2.56. The number of thioether (sulfide) groups is 1.